The third-order valence-electron chi connectivity index (χ3n) is 3.19. The smallest absolute Gasteiger partial charge is 0.333 e. The Bertz CT molecular complexity index is 631. The Morgan fingerprint density at radius 3 is 2.46 bits per heavy atom. The third kappa shape index (κ3) is 8.81. The first-order valence-corrected chi connectivity index (χ1v) is 8.14. The van der Waals surface area contributed by atoms with Gasteiger partial charge in [-0.2, -0.15) is 0 Å². The van der Waals surface area contributed by atoms with Crippen molar-refractivity contribution in [2.45, 2.75) is 33.1 Å². The highest BCUT2D eigenvalue weighted by molar-refractivity contribution is 5.92. The molecule has 1 amide bonds. The monoisotopic (exact) mass is 365 g/mol. The van der Waals surface area contributed by atoms with Gasteiger partial charge >= 0.3 is 17.9 Å². The molecule has 1 aliphatic heterocycles. The van der Waals surface area contributed by atoms with Crippen LogP contribution in [0.4, 0.5) is 0 Å². The molecule has 1 N–H and O–H groups in total. The summed E-state index contributed by atoms with van der Waals surface area (Å²) in [7, 11) is 0. The summed E-state index contributed by atoms with van der Waals surface area (Å²) in [5, 5.41) is 2.60. The van der Waals surface area contributed by atoms with Crippen molar-refractivity contribution in [2.75, 3.05) is 13.4 Å². The van der Waals surface area contributed by atoms with Gasteiger partial charge in [-0.05, 0) is 12.8 Å². The summed E-state index contributed by atoms with van der Waals surface area (Å²) in [6, 6.07) is 0. The van der Waals surface area contributed by atoms with Crippen LogP contribution in [0, 0.1) is 5.92 Å². The van der Waals surface area contributed by atoms with Crippen LogP contribution in [0.5, 0.6) is 0 Å². The van der Waals surface area contributed by atoms with E-state index in [1.165, 1.54) is 6.08 Å². The van der Waals surface area contributed by atoms with Gasteiger partial charge in [0.25, 0.3) is 0 Å². The summed E-state index contributed by atoms with van der Waals surface area (Å²) in [4.78, 5) is 45.3. The Balaban J connectivity index is 2.18. The van der Waals surface area contributed by atoms with Crippen molar-refractivity contribution in [3.05, 3.63) is 36.1 Å². The molecule has 0 atom stereocenters. The molecule has 0 spiro atoms. The van der Waals surface area contributed by atoms with Gasteiger partial charge in [-0.3, -0.25) is 9.59 Å². The van der Waals surface area contributed by atoms with E-state index in [1.54, 1.807) is 13.8 Å². The fraction of sp³-hybridized carbons (Fsp3) is 0.444. The molecule has 142 valence electrons. The van der Waals surface area contributed by atoms with Crippen molar-refractivity contribution in [2.24, 2.45) is 5.92 Å². The maximum atomic E-state index is 11.5. The summed E-state index contributed by atoms with van der Waals surface area (Å²) in [6.07, 6.45) is 5.07. The first-order valence-electron chi connectivity index (χ1n) is 8.14. The summed E-state index contributed by atoms with van der Waals surface area (Å²) in [5.41, 5.74) is 1.56. The lowest BCUT2D eigenvalue weighted by atomic mass is 10.0. The van der Waals surface area contributed by atoms with E-state index >= 15 is 0 Å². The van der Waals surface area contributed by atoms with Crippen LogP contribution in [0.25, 0.3) is 0 Å². The molecule has 1 rings (SSSR count). The second-order valence-corrected chi connectivity index (χ2v) is 5.88. The molecule has 0 radical (unpaired) electrons. The number of hydrogen-bond donors (Lipinski definition) is 1. The van der Waals surface area contributed by atoms with Gasteiger partial charge in [-0.15, -0.1) is 0 Å². The van der Waals surface area contributed by atoms with Crippen molar-refractivity contribution in [3.63, 3.8) is 0 Å². The number of carbonyl (C=O) groups excluding carboxylic acids is 4. The third-order valence-corrected chi connectivity index (χ3v) is 3.19. The lowest BCUT2D eigenvalue weighted by Gasteiger charge is -2.15. The largest absolute Gasteiger partial charge is 0.463 e. The van der Waals surface area contributed by atoms with Crippen LogP contribution >= 0.6 is 0 Å². The Labute approximate surface area is 151 Å². The molecule has 0 aromatic heterocycles. The summed E-state index contributed by atoms with van der Waals surface area (Å²) in [5.74, 6) is -2.53. The number of carbonyl (C=O) groups is 4. The number of allylic oxidation sites excluding steroid dienone is 1. The highest BCUT2D eigenvalue weighted by Crippen LogP contribution is 2.17. The van der Waals surface area contributed by atoms with Crippen LogP contribution in [-0.4, -0.2) is 37.2 Å². The standard InChI is InChI=1S/C18H23NO7/c1-12(2)18(23)26-11-25-17(22)7-6-16(21)24-8-4-5-14-9-13(3)19-15(20)10-14/h6-7,10,12H,3-5,8-9,11H2,1-2H3,(H,19,20)/b7-6+. The van der Waals surface area contributed by atoms with Crippen LogP contribution in [0.2, 0.25) is 0 Å². The Hall–Kier alpha value is -2.90. The second kappa shape index (κ2) is 10.9. The van der Waals surface area contributed by atoms with E-state index in [-0.39, 0.29) is 18.4 Å². The number of amides is 1. The number of hydrogen-bond acceptors (Lipinski definition) is 7. The van der Waals surface area contributed by atoms with Gasteiger partial charge < -0.3 is 19.5 Å². The molecule has 8 heteroatoms. The molecule has 0 saturated carbocycles. The highest BCUT2D eigenvalue weighted by atomic mass is 16.7. The molecule has 0 saturated heterocycles. The van der Waals surface area contributed by atoms with Crippen molar-refractivity contribution >= 4 is 23.8 Å². The zero-order valence-corrected chi connectivity index (χ0v) is 14.9. The van der Waals surface area contributed by atoms with E-state index in [0.717, 1.165) is 17.7 Å². The van der Waals surface area contributed by atoms with E-state index in [4.69, 9.17) is 4.74 Å². The van der Waals surface area contributed by atoms with Crippen molar-refractivity contribution < 1.29 is 33.4 Å². The van der Waals surface area contributed by atoms with Gasteiger partial charge in [0.15, 0.2) is 0 Å². The Morgan fingerprint density at radius 2 is 1.85 bits per heavy atom. The molecule has 26 heavy (non-hydrogen) atoms. The lowest BCUT2D eigenvalue weighted by molar-refractivity contribution is -0.166. The van der Waals surface area contributed by atoms with Gasteiger partial charge in [-0.25, -0.2) is 9.59 Å². The fourth-order valence-corrected chi connectivity index (χ4v) is 1.94. The predicted molar refractivity (Wildman–Crippen MR) is 91.2 cm³/mol. The first kappa shape index (κ1) is 21.1. The van der Waals surface area contributed by atoms with Gasteiger partial charge in [0.1, 0.15) is 0 Å². The first-order chi connectivity index (χ1) is 12.3. The number of ether oxygens (including phenoxy) is 3. The molecule has 1 heterocycles. The SMILES string of the molecule is C=C1CC(CCCOC(=O)/C=C/C(=O)OCOC(=O)C(C)C)=CC(=O)N1. The van der Waals surface area contributed by atoms with Crippen LogP contribution in [0.15, 0.2) is 36.1 Å². The van der Waals surface area contributed by atoms with E-state index in [2.05, 4.69) is 21.4 Å². The number of nitrogens with one attached hydrogen (secondary N) is 1. The highest BCUT2D eigenvalue weighted by Gasteiger charge is 2.12. The van der Waals surface area contributed by atoms with Crippen molar-refractivity contribution in [1.29, 1.82) is 0 Å². The zero-order chi connectivity index (χ0) is 19.5. The fourth-order valence-electron chi connectivity index (χ4n) is 1.94. The Morgan fingerprint density at radius 1 is 1.19 bits per heavy atom. The molecular weight excluding hydrogens is 342 g/mol. The number of esters is 3. The maximum absolute atomic E-state index is 11.5. The number of rotatable bonds is 9. The minimum absolute atomic E-state index is 0.148. The molecule has 0 bridgehead atoms. The van der Waals surface area contributed by atoms with Gasteiger partial charge in [0.2, 0.25) is 12.7 Å². The molecular formula is C18H23NO7. The van der Waals surface area contributed by atoms with Crippen molar-refractivity contribution in [1.82, 2.24) is 5.32 Å². The van der Waals surface area contributed by atoms with Gasteiger partial charge in [0.05, 0.1) is 12.5 Å². The quantitative estimate of drug-likeness (QED) is 0.286. The van der Waals surface area contributed by atoms with Crippen LogP contribution in [0.1, 0.15) is 33.1 Å². The van der Waals surface area contributed by atoms with Crippen LogP contribution in [-0.2, 0) is 33.4 Å². The zero-order valence-electron chi connectivity index (χ0n) is 14.9. The topological polar surface area (TPSA) is 108 Å². The van der Waals surface area contributed by atoms with E-state index < -0.39 is 24.7 Å². The lowest BCUT2D eigenvalue weighted by Crippen LogP contribution is -2.24. The summed E-state index contributed by atoms with van der Waals surface area (Å²) in [6.45, 7) is 6.65. The minimum atomic E-state index is -0.824. The molecule has 0 unspecified atom stereocenters. The maximum Gasteiger partial charge on any atom is 0.333 e. The second-order valence-electron chi connectivity index (χ2n) is 5.88. The van der Waals surface area contributed by atoms with E-state index in [1.807, 2.05) is 0 Å². The van der Waals surface area contributed by atoms with E-state index in [0.29, 0.717) is 25.0 Å². The minimum Gasteiger partial charge on any atom is -0.463 e. The van der Waals surface area contributed by atoms with Crippen LogP contribution < -0.4 is 5.32 Å². The van der Waals surface area contributed by atoms with Gasteiger partial charge in [-0.1, -0.05) is 26.0 Å². The molecule has 8 nitrogen and oxygen atoms in total. The Kier molecular flexibility index (Phi) is 8.83. The molecule has 0 fully saturated rings. The normalized spacial score (nSPS) is 14.0. The van der Waals surface area contributed by atoms with Crippen LogP contribution in [0.3, 0.4) is 0 Å². The molecule has 1 aliphatic rings. The predicted octanol–water partition coefficient (Wildman–Crippen LogP) is 1.53. The van der Waals surface area contributed by atoms with E-state index in [9.17, 15) is 19.2 Å². The van der Waals surface area contributed by atoms with Crippen molar-refractivity contribution in [3.8, 4) is 0 Å². The summed E-state index contributed by atoms with van der Waals surface area (Å²) < 4.78 is 14.2. The summed E-state index contributed by atoms with van der Waals surface area (Å²) >= 11 is 0. The molecule has 0 aliphatic carbocycles. The molecule has 0 aromatic carbocycles. The average molecular weight is 365 g/mol. The molecule has 0 aromatic rings. The average Bonchev–Trinajstić information content (AvgIpc) is 2.55. The van der Waals surface area contributed by atoms with Gasteiger partial charge in [0, 0.05) is 30.3 Å².